The van der Waals surface area contributed by atoms with Gasteiger partial charge in [-0.25, -0.2) is 0 Å². The largest absolute Gasteiger partial charge is 0.494 e. The lowest BCUT2D eigenvalue weighted by atomic mass is 10.1. The molecule has 0 aliphatic carbocycles. The van der Waals surface area contributed by atoms with Gasteiger partial charge in [-0.2, -0.15) is 0 Å². The van der Waals surface area contributed by atoms with Gasteiger partial charge >= 0.3 is 0 Å². The first-order valence-electron chi connectivity index (χ1n) is 17.4. The lowest BCUT2D eigenvalue weighted by Gasteiger charge is -2.29. The molecule has 47 heavy (non-hydrogen) atoms. The summed E-state index contributed by atoms with van der Waals surface area (Å²) >= 11 is 0. The smallest absolute Gasteiger partial charge is 0.280 e. The van der Waals surface area contributed by atoms with Gasteiger partial charge in [-0.1, -0.05) is 76.2 Å². The quantitative estimate of drug-likeness (QED) is 0.114. The number of hydrogen-bond acceptors (Lipinski definition) is 5. The molecule has 0 amide bonds. The summed E-state index contributed by atoms with van der Waals surface area (Å²) in [6, 6.07) is 26.3. The molecule has 5 nitrogen and oxygen atoms in total. The highest BCUT2D eigenvalue weighted by Crippen LogP contribution is 2.22. The number of hydrogen-bond donors (Lipinski definition) is 0. The summed E-state index contributed by atoms with van der Waals surface area (Å²) in [5.74, 6) is 3.46. The number of benzene rings is 4. The van der Waals surface area contributed by atoms with Gasteiger partial charge in [-0.05, 0) is 99.9 Å². The highest BCUT2D eigenvalue weighted by atomic mass is 28.4. The zero-order valence-corrected chi connectivity index (χ0v) is 31.6. The van der Waals surface area contributed by atoms with Crippen LogP contribution < -0.4 is 39.7 Å². The molecule has 0 aliphatic heterocycles. The zero-order valence-electron chi connectivity index (χ0n) is 29.6. The molecule has 4 aromatic carbocycles. The van der Waals surface area contributed by atoms with E-state index in [9.17, 15) is 0 Å². The van der Waals surface area contributed by atoms with Crippen molar-refractivity contribution in [1.82, 2.24) is 0 Å². The molecule has 4 rings (SSSR count). The first-order chi connectivity index (χ1) is 22.9. The Morgan fingerprint density at radius 1 is 0.362 bits per heavy atom. The second kappa shape index (κ2) is 18.1. The highest BCUT2D eigenvalue weighted by molar-refractivity contribution is 6.93. The molecule has 7 heteroatoms. The van der Waals surface area contributed by atoms with E-state index >= 15 is 0 Å². The van der Waals surface area contributed by atoms with Crippen LogP contribution in [0.1, 0.15) is 77.6 Å². The molecule has 0 saturated heterocycles. The van der Waals surface area contributed by atoms with Crippen LogP contribution >= 0.6 is 0 Å². The number of ether oxygens (including phenoxy) is 4. The Kier molecular flexibility index (Phi) is 14.0. The SMILES string of the molecule is CCOc1ccc(CC)cc1[Si](O[Si](c1cc(CC)ccc1OCC)c1cc(CC)ccc1OCC)c1cc(CC)ccc1OCC. The summed E-state index contributed by atoms with van der Waals surface area (Å²) in [4.78, 5) is 0. The van der Waals surface area contributed by atoms with Crippen molar-refractivity contribution in [2.45, 2.75) is 81.1 Å². The van der Waals surface area contributed by atoms with Gasteiger partial charge in [0, 0.05) is 20.7 Å². The molecule has 0 saturated carbocycles. The minimum absolute atomic E-state index is 0.568. The van der Waals surface area contributed by atoms with Gasteiger partial charge in [0.05, 0.1) is 26.4 Å². The maximum absolute atomic E-state index is 7.82. The molecule has 0 aromatic heterocycles. The van der Waals surface area contributed by atoms with E-state index in [-0.39, 0.29) is 0 Å². The highest BCUT2D eigenvalue weighted by Gasteiger charge is 2.36. The van der Waals surface area contributed by atoms with Crippen molar-refractivity contribution < 1.29 is 23.1 Å². The second-order valence-corrected chi connectivity index (χ2v) is 15.5. The van der Waals surface area contributed by atoms with E-state index in [0.717, 1.165) is 69.4 Å². The van der Waals surface area contributed by atoms with Gasteiger partial charge < -0.3 is 23.1 Å². The Balaban J connectivity index is 2.10. The molecular formula is C40H52O5Si2. The Morgan fingerprint density at radius 2 is 0.596 bits per heavy atom. The van der Waals surface area contributed by atoms with Crippen LogP contribution in [0.25, 0.3) is 0 Å². The van der Waals surface area contributed by atoms with Crippen LogP contribution in [-0.4, -0.2) is 44.5 Å². The fraction of sp³-hybridized carbons (Fsp3) is 0.400. The Labute approximate surface area is 286 Å². The third kappa shape index (κ3) is 8.89. The molecule has 0 bridgehead atoms. The summed E-state index contributed by atoms with van der Waals surface area (Å²) in [6.45, 7) is 19.2. The summed E-state index contributed by atoms with van der Waals surface area (Å²) in [6.07, 6.45) is 3.67. The van der Waals surface area contributed by atoms with Crippen molar-refractivity contribution in [3.63, 3.8) is 0 Å². The summed E-state index contributed by atoms with van der Waals surface area (Å²) in [7, 11) is -3.95. The van der Waals surface area contributed by atoms with E-state index < -0.39 is 18.1 Å². The second-order valence-electron chi connectivity index (χ2n) is 11.2. The molecule has 4 aromatic rings. The summed E-state index contributed by atoms with van der Waals surface area (Å²) in [5, 5.41) is 4.40. The lowest BCUT2D eigenvalue weighted by Crippen LogP contribution is -2.57. The molecular weight excluding hydrogens is 617 g/mol. The maximum Gasteiger partial charge on any atom is 0.280 e. The van der Waals surface area contributed by atoms with E-state index in [1.807, 2.05) is 27.7 Å². The van der Waals surface area contributed by atoms with Crippen LogP contribution in [0, 0.1) is 0 Å². The first-order valence-corrected chi connectivity index (χ1v) is 20.2. The van der Waals surface area contributed by atoms with Gasteiger partial charge in [0.25, 0.3) is 18.1 Å². The third-order valence-corrected chi connectivity index (χ3v) is 13.3. The first kappa shape index (κ1) is 36.3. The monoisotopic (exact) mass is 668 g/mol. The molecule has 250 valence electrons. The van der Waals surface area contributed by atoms with E-state index in [1.165, 1.54) is 22.3 Å². The molecule has 0 aliphatic rings. The van der Waals surface area contributed by atoms with E-state index in [4.69, 9.17) is 23.1 Å². The Morgan fingerprint density at radius 3 is 0.787 bits per heavy atom. The van der Waals surface area contributed by atoms with Crippen LogP contribution in [-0.2, 0) is 29.8 Å². The van der Waals surface area contributed by atoms with Gasteiger partial charge in [0.2, 0.25) is 0 Å². The van der Waals surface area contributed by atoms with Crippen LogP contribution in [0.15, 0.2) is 72.8 Å². The van der Waals surface area contributed by atoms with Crippen molar-refractivity contribution in [2.75, 3.05) is 26.4 Å². The fourth-order valence-corrected chi connectivity index (χ4v) is 11.6. The molecule has 2 radical (unpaired) electrons. The Hall–Kier alpha value is -3.53. The summed E-state index contributed by atoms with van der Waals surface area (Å²) in [5.41, 5.74) is 5.00. The van der Waals surface area contributed by atoms with E-state index in [2.05, 4.69) is 100 Å². The summed E-state index contributed by atoms with van der Waals surface area (Å²) < 4.78 is 33.2. The number of rotatable bonds is 18. The van der Waals surface area contributed by atoms with Gasteiger partial charge in [0.1, 0.15) is 23.0 Å². The molecule has 0 fully saturated rings. The third-order valence-electron chi connectivity index (χ3n) is 8.19. The van der Waals surface area contributed by atoms with Gasteiger partial charge in [0.15, 0.2) is 0 Å². The van der Waals surface area contributed by atoms with Gasteiger partial charge in [-0.15, -0.1) is 0 Å². The maximum atomic E-state index is 7.82. The molecule has 0 N–H and O–H groups in total. The fourth-order valence-electron chi connectivity index (χ4n) is 5.64. The van der Waals surface area contributed by atoms with Gasteiger partial charge in [-0.3, -0.25) is 0 Å². The molecule has 0 atom stereocenters. The van der Waals surface area contributed by atoms with Crippen LogP contribution in [0.3, 0.4) is 0 Å². The predicted molar refractivity (Wildman–Crippen MR) is 199 cm³/mol. The molecule has 0 spiro atoms. The molecule has 0 heterocycles. The topological polar surface area (TPSA) is 46.2 Å². The Bertz CT molecular complexity index is 1360. The predicted octanol–water partition coefficient (Wildman–Crippen LogP) is 6.46. The van der Waals surface area contributed by atoms with E-state index in [1.54, 1.807) is 0 Å². The average molecular weight is 669 g/mol. The van der Waals surface area contributed by atoms with Crippen molar-refractivity contribution in [1.29, 1.82) is 0 Å². The minimum atomic E-state index is -1.98. The number of aryl methyl sites for hydroxylation is 4. The minimum Gasteiger partial charge on any atom is -0.494 e. The van der Waals surface area contributed by atoms with Crippen molar-refractivity contribution in [3.05, 3.63) is 95.1 Å². The zero-order chi connectivity index (χ0) is 33.8. The molecule has 0 unspecified atom stereocenters. The van der Waals surface area contributed by atoms with Crippen molar-refractivity contribution >= 4 is 38.8 Å². The normalized spacial score (nSPS) is 11.3. The van der Waals surface area contributed by atoms with Crippen LogP contribution in [0.5, 0.6) is 23.0 Å². The standard InChI is InChI=1S/C40H52O5Si2/c1-9-29-17-21-33(41-13-5)37(25-29)46(38-26-30(10-2)18-22-34(38)42-14-6)45-47(39-27-31(11-3)19-23-35(39)43-15-7)40-28-32(12-4)20-24-36(40)44-16-8/h17-28H,9-16H2,1-8H3. The lowest BCUT2D eigenvalue weighted by molar-refractivity contribution is 0.340. The van der Waals surface area contributed by atoms with Crippen molar-refractivity contribution in [3.8, 4) is 23.0 Å². The van der Waals surface area contributed by atoms with Crippen molar-refractivity contribution in [2.24, 2.45) is 0 Å². The van der Waals surface area contributed by atoms with Crippen LogP contribution in [0.4, 0.5) is 0 Å². The van der Waals surface area contributed by atoms with Crippen LogP contribution in [0.2, 0.25) is 0 Å². The van der Waals surface area contributed by atoms with E-state index in [0.29, 0.717) is 26.4 Å². The average Bonchev–Trinajstić information content (AvgIpc) is 3.10.